The minimum absolute atomic E-state index is 0.0337. The highest BCUT2D eigenvalue weighted by Gasteiger charge is 2.28. The summed E-state index contributed by atoms with van der Waals surface area (Å²) in [5.41, 5.74) is 18.8. The number of nitriles is 1. The second-order valence-electron chi connectivity index (χ2n) is 11.6. The van der Waals surface area contributed by atoms with Crippen molar-refractivity contribution in [2.45, 2.75) is 29.9 Å². The van der Waals surface area contributed by atoms with Crippen molar-refractivity contribution in [3.8, 4) is 6.07 Å². The van der Waals surface area contributed by atoms with Crippen molar-refractivity contribution in [2.75, 3.05) is 45.2 Å². The molecule has 2 aromatic carbocycles. The lowest BCUT2D eigenvalue weighted by molar-refractivity contribution is 0.479. The highest BCUT2D eigenvalue weighted by molar-refractivity contribution is 7.99. The number of rotatable bonds is 16. The molecule has 3 aromatic heterocycles. The molecule has 65 heavy (non-hydrogen) atoms. The molecular weight excluding hydrogens is 1010 g/mol. The molecule has 38 heteroatoms. The third-order valence-electron chi connectivity index (χ3n) is 7.21. The van der Waals surface area contributed by atoms with Gasteiger partial charge in [-0.1, -0.05) is 11.8 Å². The summed E-state index contributed by atoms with van der Waals surface area (Å²) >= 11 is 7.73. The molecule has 14 N–H and O–H groups in total. The van der Waals surface area contributed by atoms with Gasteiger partial charge < -0.3 is 38.4 Å². The van der Waals surface area contributed by atoms with Crippen molar-refractivity contribution in [3.63, 3.8) is 0 Å². The van der Waals surface area contributed by atoms with Crippen LogP contribution >= 0.6 is 35.1 Å². The van der Waals surface area contributed by atoms with Crippen molar-refractivity contribution in [3.05, 3.63) is 41.0 Å². The summed E-state index contributed by atoms with van der Waals surface area (Å²) in [6.45, 7) is 6.87. The largest absolute Gasteiger partial charge is 0.382 e. The van der Waals surface area contributed by atoms with E-state index in [4.69, 9.17) is 46.4 Å². The molecule has 0 unspecified atom stereocenters. The number of nitrogens with zero attached hydrogens (tertiary/aromatic N) is 13. The van der Waals surface area contributed by atoms with Gasteiger partial charge >= 0.3 is 0 Å². The molecule has 0 bridgehead atoms. The average molecular weight is 1030 g/mol. The molecule has 3 heterocycles. The number of nitrogen functional groups attached to an aromatic ring is 4. The van der Waals surface area contributed by atoms with Crippen molar-refractivity contribution in [2.24, 2.45) is 20.5 Å². The molecular formula is C27H22ClN19O12S6. The first-order valence-corrected chi connectivity index (χ1v) is 24.2. The van der Waals surface area contributed by atoms with Gasteiger partial charge in [0, 0.05) is 0 Å². The monoisotopic (exact) mass is 1030 g/mol. The zero-order valence-corrected chi connectivity index (χ0v) is 36.9. The van der Waals surface area contributed by atoms with Gasteiger partial charge in [-0.05, 0) is 47.6 Å². The molecule has 340 valence electrons. The number of hydrogen-bond donors (Lipinski definition) is 10. The Kier molecular flexibility index (Phi) is 14.5. The molecule has 0 saturated carbocycles. The van der Waals surface area contributed by atoms with Crippen LogP contribution in [0.1, 0.15) is 0 Å². The molecule has 5 aromatic rings. The first kappa shape index (κ1) is 49.2. The molecule has 0 aliphatic heterocycles. The van der Waals surface area contributed by atoms with E-state index in [1.165, 1.54) is 0 Å². The number of azo groups is 2. The number of aromatic nitrogens is 7. The third kappa shape index (κ3) is 12.3. The van der Waals surface area contributed by atoms with E-state index in [0.717, 1.165) is 23.5 Å². The van der Waals surface area contributed by atoms with Crippen LogP contribution in [0.25, 0.3) is 4.85 Å². The number of benzene rings is 2. The van der Waals surface area contributed by atoms with Crippen molar-refractivity contribution < 1.29 is 51.9 Å². The van der Waals surface area contributed by atoms with Crippen molar-refractivity contribution in [1.29, 1.82) is 5.26 Å². The Morgan fingerprint density at radius 1 is 0.615 bits per heavy atom. The molecule has 0 atom stereocenters. The molecule has 5 rings (SSSR count). The van der Waals surface area contributed by atoms with E-state index in [-0.39, 0.29) is 21.9 Å². The number of halogens is 1. The summed E-state index contributed by atoms with van der Waals surface area (Å²) in [6, 6.07) is 3.49. The molecule has 0 aliphatic carbocycles. The Bertz CT molecular complexity index is 3120. The smallest absolute Gasteiger partial charge is 0.296 e. The number of anilines is 8. The fourth-order valence-electron chi connectivity index (χ4n) is 4.66. The Morgan fingerprint density at radius 2 is 0.985 bits per heavy atom. The highest BCUT2D eigenvalue weighted by Crippen LogP contribution is 2.40. The second kappa shape index (κ2) is 19.1. The first-order chi connectivity index (χ1) is 30.2. The van der Waals surface area contributed by atoms with E-state index in [2.05, 4.69) is 70.8 Å². The fraction of sp³-hybridized carbons (Fsp3) is 0.0741. The Morgan fingerprint density at radius 3 is 1.32 bits per heavy atom. The fourth-order valence-corrected chi connectivity index (χ4v) is 8.40. The Hall–Kier alpha value is -6.78. The molecule has 0 aliphatic rings. The third-order valence-corrected chi connectivity index (χ3v) is 12.3. The maximum Gasteiger partial charge on any atom is 0.296 e. The molecule has 0 fully saturated rings. The number of nitrogens with one attached hydrogen (secondary N) is 2. The lowest BCUT2D eigenvalue weighted by atomic mass is 10.3. The highest BCUT2D eigenvalue weighted by atomic mass is 35.5. The lowest BCUT2D eigenvalue weighted by Crippen LogP contribution is -2.11. The van der Waals surface area contributed by atoms with Crippen LogP contribution in [-0.2, 0) is 40.5 Å². The van der Waals surface area contributed by atoms with Gasteiger partial charge in [-0.15, -0.1) is 20.5 Å². The topological polar surface area (TPSA) is 513 Å². The van der Waals surface area contributed by atoms with Gasteiger partial charge in [0.2, 0.25) is 17.2 Å². The molecule has 0 saturated heterocycles. The molecule has 0 radical (unpaired) electrons. The Labute approximate surface area is 377 Å². The van der Waals surface area contributed by atoms with Crippen LogP contribution in [-0.4, -0.2) is 98.4 Å². The standard InChI is InChI=1S/C27H22ClN19O12S6/c1-34-8-61-27-39-21(32)18(22(33)40-27)47-45-12-7-14(63(51,52)53)10(5-16(12)65(57,58)59)36-25-42-23(28)41-24(43-25)35-9-4-15(64(54,55)56)11(6-13(9)62(48,49)50)44-46-17-19(30)37-26(38-20(17)31)60-3-2-29/h4-7H,3,8H2,(H,48,49,50)(H,51,52,53)(H,54,55,56)(H,57,58,59)(H4,30,31,37,38)(H4,32,33,39,40)(H2,35,36,41,42,43). The van der Waals surface area contributed by atoms with E-state index < -0.39 is 135 Å². The summed E-state index contributed by atoms with van der Waals surface area (Å²) < 4.78 is 141. The zero-order chi connectivity index (χ0) is 48.2. The van der Waals surface area contributed by atoms with Crippen LogP contribution in [0.4, 0.5) is 69.3 Å². The van der Waals surface area contributed by atoms with E-state index in [9.17, 15) is 51.9 Å². The van der Waals surface area contributed by atoms with Crippen LogP contribution in [0.5, 0.6) is 0 Å². The van der Waals surface area contributed by atoms with Crippen LogP contribution in [0.3, 0.4) is 0 Å². The Balaban J connectivity index is 1.58. The number of hydrogen-bond acceptors (Lipinski definition) is 28. The van der Waals surface area contributed by atoms with Crippen LogP contribution < -0.4 is 33.6 Å². The van der Waals surface area contributed by atoms with Gasteiger partial charge in [0.05, 0.1) is 23.2 Å². The quantitative estimate of drug-likeness (QED) is 0.0223. The summed E-state index contributed by atoms with van der Waals surface area (Å²) in [7, 11) is -21.5. The van der Waals surface area contributed by atoms with Gasteiger partial charge in [0.15, 0.2) is 45.0 Å². The van der Waals surface area contributed by atoms with Crippen LogP contribution in [0.15, 0.2) is 74.6 Å². The van der Waals surface area contributed by atoms with Gasteiger partial charge in [-0.3, -0.25) is 18.2 Å². The molecule has 0 spiro atoms. The van der Waals surface area contributed by atoms with Gasteiger partial charge in [-0.2, -0.15) is 53.9 Å². The summed E-state index contributed by atoms with van der Waals surface area (Å²) in [6.07, 6.45) is 0. The lowest BCUT2D eigenvalue weighted by Gasteiger charge is -2.14. The molecule has 31 nitrogen and oxygen atoms in total. The second-order valence-corrected chi connectivity index (χ2v) is 19.3. The number of thioether (sulfide) groups is 2. The van der Waals surface area contributed by atoms with Gasteiger partial charge in [-0.25, -0.2) is 26.5 Å². The number of nitrogens with two attached hydrogens (primary N) is 4. The maximum atomic E-state index is 12.6. The van der Waals surface area contributed by atoms with Gasteiger partial charge in [0.1, 0.15) is 31.0 Å². The first-order valence-electron chi connectivity index (χ1n) is 16.1. The van der Waals surface area contributed by atoms with Crippen molar-refractivity contribution in [1.82, 2.24) is 34.9 Å². The zero-order valence-electron chi connectivity index (χ0n) is 31.2. The summed E-state index contributed by atoms with van der Waals surface area (Å²) in [4.78, 5) is 25.1. The van der Waals surface area contributed by atoms with Crippen molar-refractivity contribution >= 4 is 145 Å². The molecule has 0 amide bonds. The van der Waals surface area contributed by atoms with E-state index in [1.54, 1.807) is 0 Å². The SMILES string of the molecule is [C-]#[N+]CSc1nc(N)c(N=Nc2cc(S(=O)(=O)O)c(Nc3nc(Cl)nc(Nc4cc(S(=O)(=O)O)c(N=Nc5c(N)nc(SCC#N)nc5N)cc4S(=O)(=O)O)n3)cc2S(=O)(=O)O)c(N)n1. The van der Waals surface area contributed by atoms with E-state index >= 15 is 0 Å². The minimum Gasteiger partial charge on any atom is -0.382 e. The van der Waals surface area contributed by atoms with Gasteiger partial charge in [0.25, 0.3) is 46.3 Å². The van der Waals surface area contributed by atoms with E-state index in [0.29, 0.717) is 24.3 Å². The van der Waals surface area contributed by atoms with E-state index in [1.807, 2.05) is 6.07 Å². The average Bonchev–Trinajstić information content (AvgIpc) is 3.17. The summed E-state index contributed by atoms with van der Waals surface area (Å²) in [5, 5.41) is 26.9. The summed E-state index contributed by atoms with van der Waals surface area (Å²) in [5.74, 6) is -3.51. The van der Waals surface area contributed by atoms with Crippen LogP contribution in [0.2, 0.25) is 5.28 Å². The van der Waals surface area contributed by atoms with Crippen LogP contribution in [0, 0.1) is 17.9 Å². The normalized spacial score (nSPS) is 12.3. The minimum atomic E-state index is -5.39. The predicted molar refractivity (Wildman–Crippen MR) is 227 cm³/mol. The maximum absolute atomic E-state index is 12.6. The predicted octanol–water partition coefficient (Wildman–Crippen LogP) is 3.32.